The fraction of sp³-hybridized carbons (Fsp3) is 0.387. The molecule has 5 rings (SSSR count). The molecule has 36 heavy (non-hydrogen) atoms. The van der Waals surface area contributed by atoms with Gasteiger partial charge in [-0.15, -0.1) is 22.4 Å². The number of halogens is 1. The van der Waals surface area contributed by atoms with Crippen molar-refractivity contribution in [2.24, 2.45) is 5.92 Å². The molecule has 0 aliphatic carbocycles. The van der Waals surface area contributed by atoms with Gasteiger partial charge in [-0.1, -0.05) is 74.5 Å². The van der Waals surface area contributed by atoms with Crippen LogP contribution in [0.3, 0.4) is 0 Å². The summed E-state index contributed by atoms with van der Waals surface area (Å²) in [4.78, 5) is 14.4. The van der Waals surface area contributed by atoms with E-state index in [1.165, 1.54) is 27.2 Å². The Morgan fingerprint density at radius 1 is 1.06 bits per heavy atom. The van der Waals surface area contributed by atoms with Crippen molar-refractivity contribution in [3.8, 4) is 0 Å². The number of carbonyl (C=O) groups excluding carboxylic acids is 1. The number of hydrogen-bond donors (Lipinski definition) is 0. The zero-order chi connectivity index (χ0) is 26.4. The van der Waals surface area contributed by atoms with Gasteiger partial charge in [0.2, 0.25) is 0 Å². The molecule has 2 bridgehead atoms. The summed E-state index contributed by atoms with van der Waals surface area (Å²) in [6.07, 6.45) is 1.79. The molecule has 2 aliphatic rings. The van der Waals surface area contributed by atoms with Crippen LogP contribution in [0.1, 0.15) is 52.1 Å². The Morgan fingerprint density at radius 3 is 2.33 bits per heavy atom. The van der Waals surface area contributed by atoms with Gasteiger partial charge in [-0.25, -0.2) is 0 Å². The van der Waals surface area contributed by atoms with E-state index in [2.05, 4.69) is 134 Å². The van der Waals surface area contributed by atoms with E-state index in [4.69, 9.17) is 0 Å². The van der Waals surface area contributed by atoms with E-state index in [9.17, 15) is 4.79 Å². The minimum atomic E-state index is -0.203. The first kappa shape index (κ1) is 29.2. The normalized spacial score (nSPS) is 23.2. The molecule has 3 aromatic carbocycles. The van der Waals surface area contributed by atoms with Crippen LogP contribution in [-0.2, 0) is 23.0 Å². The molecular formula is C31H37ClNOPPd. The molecule has 2 heterocycles. The topological polar surface area (TPSA) is 20.3 Å². The summed E-state index contributed by atoms with van der Waals surface area (Å²) in [7, 11) is 8.48. The summed E-state index contributed by atoms with van der Waals surface area (Å²) >= 11 is 2.22. The van der Waals surface area contributed by atoms with E-state index in [1.54, 1.807) is 5.57 Å². The van der Waals surface area contributed by atoms with Crippen molar-refractivity contribution in [1.29, 1.82) is 0 Å². The monoisotopic (exact) mass is 611 g/mol. The first-order chi connectivity index (χ1) is 17.3. The number of carbonyl (C=O) groups is 1. The Bertz CT molecular complexity index is 1190. The third kappa shape index (κ3) is 6.04. The maximum atomic E-state index is 12.2. The van der Waals surface area contributed by atoms with Crippen LogP contribution in [0.4, 0.5) is 0 Å². The zero-order valence-corrected chi connectivity index (χ0v) is 25.3. The predicted molar refractivity (Wildman–Crippen MR) is 153 cm³/mol. The summed E-state index contributed by atoms with van der Waals surface area (Å²) in [6.45, 7) is 8.75. The van der Waals surface area contributed by atoms with Crippen LogP contribution in [0.15, 0.2) is 77.9 Å². The van der Waals surface area contributed by atoms with E-state index in [1.807, 2.05) is 13.0 Å². The minimum absolute atomic E-state index is 0.203. The van der Waals surface area contributed by atoms with Gasteiger partial charge in [0.1, 0.15) is 5.78 Å². The number of benzene rings is 3. The van der Waals surface area contributed by atoms with E-state index >= 15 is 0 Å². The van der Waals surface area contributed by atoms with Gasteiger partial charge < -0.3 is 4.90 Å². The first-order valence-electron chi connectivity index (χ1n) is 12.6. The average molecular weight is 612 g/mol. The summed E-state index contributed by atoms with van der Waals surface area (Å²) < 4.78 is 0. The third-order valence-corrected chi connectivity index (χ3v) is 11.3. The van der Waals surface area contributed by atoms with E-state index in [0.717, 1.165) is 6.42 Å². The van der Waals surface area contributed by atoms with Crippen molar-refractivity contribution in [2.75, 3.05) is 14.1 Å². The van der Waals surface area contributed by atoms with Crippen molar-refractivity contribution < 1.29 is 23.0 Å². The maximum absolute atomic E-state index is 12.2. The number of rotatable bonds is 5. The van der Waals surface area contributed by atoms with Gasteiger partial charge in [0.05, 0.1) is 0 Å². The fourth-order valence-electron chi connectivity index (χ4n) is 5.56. The Kier molecular flexibility index (Phi) is 10.9. The number of nitrogens with zero attached hydrogens (tertiary/aromatic N) is 1. The number of ketones is 1. The van der Waals surface area contributed by atoms with Crippen molar-refractivity contribution in [3.63, 3.8) is 0 Å². The molecule has 0 unspecified atom stereocenters. The van der Waals surface area contributed by atoms with Crippen LogP contribution in [0.5, 0.6) is 0 Å². The van der Waals surface area contributed by atoms with Gasteiger partial charge in [-0.2, -0.15) is 18.2 Å². The second-order valence-electron chi connectivity index (χ2n) is 9.85. The van der Waals surface area contributed by atoms with Crippen LogP contribution in [0, 0.1) is 12.0 Å². The predicted octanol–water partition coefficient (Wildman–Crippen LogP) is 7.83. The average Bonchev–Trinajstić information content (AvgIpc) is 3.43. The zero-order valence-electron chi connectivity index (χ0n) is 22.1. The van der Waals surface area contributed by atoms with Crippen LogP contribution < -0.4 is 5.30 Å². The van der Waals surface area contributed by atoms with E-state index in [-0.39, 0.29) is 7.92 Å². The molecule has 0 aromatic heterocycles. The van der Waals surface area contributed by atoms with Crippen molar-refractivity contribution >= 4 is 39.3 Å². The third-order valence-electron chi connectivity index (χ3n) is 7.82. The number of allylic oxidation sites excluding steroid dienone is 2. The van der Waals surface area contributed by atoms with Crippen molar-refractivity contribution in [1.82, 2.24) is 4.90 Å². The Labute approximate surface area is 233 Å². The Morgan fingerprint density at radius 2 is 1.69 bits per heavy atom. The molecule has 0 amide bonds. The van der Waals surface area contributed by atoms with Crippen LogP contribution >= 0.6 is 17.5 Å². The number of hydrogen-bond acceptors (Lipinski definition) is 2. The molecule has 1 saturated heterocycles. The summed E-state index contributed by atoms with van der Waals surface area (Å²) in [6, 6.07) is 27.2. The van der Waals surface area contributed by atoms with E-state index < -0.39 is 0 Å². The second kappa shape index (κ2) is 13.5. The molecule has 0 radical (unpaired) electrons. The molecule has 2 nitrogen and oxygen atoms in total. The van der Waals surface area contributed by atoms with Gasteiger partial charge >= 0.3 is 27.7 Å². The molecule has 5 atom stereocenters. The molecule has 2 aliphatic heterocycles. The van der Waals surface area contributed by atoms with Crippen molar-refractivity contribution in [2.45, 2.75) is 57.9 Å². The molecule has 0 spiro atoms. The quantitative estimate of drug-likeness (QED) is 0.127. The second-order valence-corrected chi connectivity index (χ2v) is 12.4. The standard InChI is InChI=1S/C17H21OP.C14H16N.ClH.Pd/c1-4-15(18)14-10-16-11(2)12(3)17(14)19(16)13-8-6-5-7-9-13;1-11(15(2)3)13-10-6-8-12-7-4-5-9-14(12)13;;/h5-9,14,16-17H,4,10H2,1-3H3;4-9,11H,1-3H3;1H;/q;-1;;+2/p-1/t14-,16+,17+,19+;11-;;/m00../s1. The fourth-order valence-corrected chi connectivity index (χ4v) is 9.52. The van der Waals surface area contributed by atoms with Gasteiger partial charge in [0.25, 0.3) is 0 Å². The Balaban J connectivity index is 0.000000193. The first-order valence-corrected chi connectivity index (χ1v) is 16.0. The van der Waals surface area contributed by atoms with Crippen molar-refractivity contribution in [3.05, 3.63) is 89.5 Å². The summed E-state index contributed by atoms with van der Waals surface area (Å²) in [5.41, 5.74) is 5.54. The molecule has 0 saturated carbocycles. The van der Waals surface area contributed by atoms with Crippen LogP contribution in [0.25, 0.3) is 10.8 Å². The summed E-state index contributed by atoms with van der Waals surface area (Å²) in [5, 5.41) is 4.08. The van der Waals surface area contributed by atoms with Gasteiger partial charge in [0, 0.05) is 29.7 Å². The molecule has 1 fully saturated rings. The van der Waals surface area contributed by atoms with Gasteiger partial charge in [0.15, 0.2) is 0 Å². The number of Topliss-reactive ketones (excluding diaryl/α,β-unsaturated/α-hetero) is 1. The van der Waals surface area contributed by atoms with E-state index in [0.29, 0.717) is 35.5 Å². The molecule has 3 aromatic rings. The summed E-state index contributed by atoms with van der Waals surface area (Å²) in [5.74, 6) is 0.771. The molecule has 0 N–H and O–H groups in total. The molecule has 194 valence electrons. The number of fused-ring (bicyclic) bond motifs is 3. The van der Waals surface area contributed by atoms with Gasteiger partial charge in [-0.3, -0.25) is 4.79 Å². The van der Waals surface area contributed by atoms with Gasteiger partial charge in [-0.05, 0) is 46.6 Å². The molecular weight excluding hydrogens is 575 g/mol. The Hall–Kier alpha value is -1.33. The SMILES string of the molecule is CCC(=O)[C@@H]1C[C@@H]2C(C)=C(C)[C@H]1[P@]2c1ccccc1.C[C@@H](c1[c-]ccc2ccccc12)N(C)C.[Cl][Pd+]. The molecule has 5 heteroatoms. The van der Waals surface area contributed by atoms with Crippen LogP contribution in [-0.4, -0.2) is 36.1 Å². The van der Waals surface area contributed by atoms with Crippen LogP contribution in [0.2, 0.25) is 0 Å².